The first-order valence-electron chi connectivity index (χ1n) is 6.69. The SMILES string of the molecule is COc1cc(NC(=O)OC(C)(C)C)ccc1-c1cc(N)on1. The van der Waals surface area contributed by atoms with Crippen molar-refractivity contribution in [2.45, 2.75) is 26.4 Å². The Labute approximate surface area is 128 Å². The number of benzene rings is 1. The molecule has 1 aromatic heterocycles. The fraction of sp³-hybridized carbons (Fsp3) is 0.333. The zero-order chi connectivity index (χ0) is 16.3. The zero-order valence-electron chi connectivity index (χ0n) is 13.0. The lowest BCUT2D eigenvalue weighted by Gasteiger charge is -2.20. The summed E-state index contributed by atoms with van der Waals surface area (Å²) in [6.07, 6.45) is -0.534. The van der Waals surface area contributed by atoms with Crippen molar-refractivity contribution in [3.63, 3.8) is 0 Å². The fourth-order valence-corrected chi connectivity index (χ4v) is 1.82. The van der Waals surface area contributed by atoms with E-state index in [2.05, 4.69) is 10.5 Å². The van der Waals surface area contributed by atoms with Crippen LogP contribution < -0.4 is 15.8 Å². The zero-order valence-corrected chi connectivity index (χ0v) is 13.0. The lowest BCUT2D eigenvalue weighted by atomic mass is 10.1. The van der Waals surface area contributed by atoms with E-state index in [4.69, 9.17) is 19.7 Å². The smallest absolute Gasteiger partial charge is 0.412 e. The van der Waals surface area contributed by atoms with Crippen LogP contribution in [0.3, 0.4) is 0 Å². The number of nitrogens with one attached hydrogen (secondary N) is 1. The monoisotopic (exact) mass is 305 g/mol. The number of hydrogen-bond donors (Lipinski definition) is 2. The number of amides is 1. The Hall–Kier alpha value is -2.70. The Morgan fingerprint density at radius 3 is 2.59 bits per heavy atom. The Kier molecular flexibility index (Phi) is 4.25. The van der Waals surface area contributed by atoms with E-state index in [9.17, 15) is 4.79 Å². The molecule has 0 spiro atoms. The maximum atomic E-state index is 11.8. The van der Waals surface area contributed by atoms with Crippen LogP contribution >= 0.6 is 0 Å². The van der Waals surface area contributed by atoms with Crippen molar-refractivity contribution in [1.29, 1.82) is 0 Å². The van der Waals surface area contributed by atoms with Gasteiger partial charge in [0.15, 0.2) is 0 Å². The molecule has 1 heterocycles. The third-order valence-corrected chi connectivity index (χ3v) is 2.65. The van der Waals surface area contributed by atoms with Gasteiger partial charge in [-0.3, -0.25) is 5.32 Å². The number of nitrogens with two attached hydrogens (primary N) is 1. The van der Waals surface area contributed by atoms with Gasteiger partial charge in [-0.25, -0.2) is 4.79 Å². The summed E-state index contributed by atoms with van der Waals surface area (Å²) in [7, 11) is 1.53. The lowest BCUT2D eigenvalue weighted by molar-refractivity contribution is 0.0636. The molecule has 2 rings (SSSR count). The topological polar surface area (TPSA) is 99.6 Å². The number of nitrogens with zero attached hydrogens (tertiary/aromatic N) is 1. The van der Waals surface area contributed by atoms with Gasteiger partial charge in [-0.15, -0.1) is 0 Å². The molecule has 2 aromatic rings. The third kappa shape index (κ3) is 3.91. The minimum atomic E-state index is -0.563. The maximum absolute atomic E-state index is 11.8. The average Bonchev–Trinajstić information content (AvgIpc) is 2.82. The van der Waals surface area contributed by atoms with Crippen LogP contribution in [0.4, 0.5) is 16.4 Å². The van der Waals surface area contributed by atoms with Gasteiger partial charge in [-0.05, 0) is 32.9 Å². The summed E-state index contributed by atoms with van der Waals surface area (Å²) < 4.78 is 15.4. The number of nitrogen functional groups attached to an aromatic ring is 1. The van der Waals surface area contributed by atoms with Crippen LogP contribution in [0.1, 0.15) is 20.8 Å². The number of aromatic nitrogens is 1. The molecule has 0 radical (unpaired) electrons. The van der Waals surface area contributed by atoms with Crippen LogP contribution in [0.5, 0.6) is 5.75 Å². The first-order valence-corrected chi connectivity index (χ1v) is 6.69. The van der Waals surface area contributed by atoms with Crippen LogP contribution in [0, 0.1) is 0 Å². The lowest BCUT2D eigenvalue weighted by Crippen LogP contribution is -2.27. The Morgan fingerprint density at radius 2 is 2.05 bits per heavy atom. The van der Waals surface area contributed by atoms with E-state index >= 15 is 0 Å². The van der Waals surface area contributed by atoms with Crippen LogP contribution in [0.2, 0.25) is 0 Å². The van der Waals surface area contributed by atoms with Gasteiger partial charge in [0.25, 0.3) is 0 Å². The maximum Gasteiger partial charge on any atom is 0.412 e. The van der Waals surface area contributed by atoms with Crippen LogP contribution in [-0.4, -0.2) is 24.0 Å². The number of hydrogen-bond acceptors (Lipinski definition) is 6. The van der Waals surface area contributed by atoms with Crippen LogP contribution in [0.15, 0.2) is 28.8 Å². The van der Waals surface area contributed by atoms with Crippen molar-refractivity contribution >= 4 is 17.7 Å². The van der Waals surface area contributed by atoms with Crippen molar-refractivity contribution in [3.8, 4) is 17.0 Å². The van der Waals surface area contributed by atoms with Gasteiger partial charge >= 0.3 is 6.09 Å². The van der Waals surface area contributed by atoms with Crippen LogP contribution in [-0.2, 0) is 4.74 Å². The molecule has 0 atom stereocenters. The normalized spacial score (nSPS) is 11.1. The standard InChI is InChI=1S/C15H19N3O4/c1-15(2,3)21-14(19)17-9-5-6-10(12(7-9)20-4)11-8-13(16)22-18-11/h5-8H,16H2,1-4H3,(H,17,19). The number of rotatable bonds is 3. The minimum Gasteiger partial charge on any atom is -0.496 e. The van der Waals surface area contributed by atoms with Gasteiger partial charge in [0.1, 0.15) is 17.0 Å². The van der Waals surface area contributed by atoms with E-state index in [0.717, 1.165) is 0 Å². The number of methoxy groups -OCH3 is 1. The Bertz CT molecular complexity index is 674. The van der Waals surface area contributed by atoms with E-state index in [1.807, 2.05) is 0 Å². The van der Waals surface area contributed by atoms with E-state index in [1.54, 1.807) is 45.0 Å². The molecule has 7 nitrogen and oxygen atoms in total. The van der Waals surface area contributed by atoms with E-state index < -0.39 is 11.7 Å². The molecule has 0 saturated heterocycles. The largest absolute Gasteiger partial charge is 0.496 e. The Morgan fingerprint density at radius 1 is 1.32 bits per heavy atom. The predicted octanol–water partition coefficient (Wildman–Crippen LogP) is 3.28. The molecule has 118 valence electrons. The average molecular weight is 305 g/mol. The summed E-state index contributed by atoms with van der Waals surface area (Å²) in [6.45, 7) is 5.39. The van der Waals surface area contributed by atoms with Crippen molar-refractivity contribution in [2.24, 2.45) is 0 Å². The number of ether oxygens (including phenoxy) is 2. The highest BCUT2D eigenvalue weighted by molar-refractivity contribution is 5.86. The third-order valence-electron chi connectivity index (χ3n) is 2.65. The first kappa shape index (κ1) is 15.7. The van der Waals surface area contributed by atoms with Gasteiger partial charge in [0.2, 0.25) is 5.88 Å². The molecule has 1 amide bonds. The number of carbonyl (C=O) groups is 1. The molecule has 0 bridgehead atoms. The molecule has 22 heavy (non-hydrogen) atoms. The first-order chi connectivity index (χ1) is 10.3. The molecular formula is C15H19N3O4. The molecule has 0 saturated carbocycles. The highest BCUT2D eigenvalue weighted by Crippen LogP contribution is 2.32. The molecule has 1 aromatic carbocycles. The second-order valence-electron chi connectivity index (χ2n) is 5.66. The minimum absolute atomic E-state index is 0.216. The number of carbonyl (C=O) groups excluding carboxylic acids is 1. The molecular weight excluding hydrogens is 286 g/mol. The molecule has 0 aliphatic carbocycles. The second-order valence-corrected chi connectivity index (χ2v) is 5.66. The molecule has 0 unspecified atom stereocenters. The van der Waals surface area contributed by atoms with E-state index in [-0.39, 0.29) is 5.88 Å². The summed E-state index contributed by atoms with van der Waals surface area (Å²) in [5.74, 6) is 0.745. The summed E-state index contributed by atoms with van der Waals surface area (Å²) in [4.78, 5) is 11.8. The van der Waals surface area contributed by atoms with Gasteiger partial charge in [-0.1, -0.05) is 5.16 Å². The summed E-state index contributed by atoms with van der Waals surface area (Å²) >= 11 is 0. The van der Waals surface area contributed by atoms with Gasteiger partial charge < -0.3 is 19.7 Å². The van der Waals surface area contributed by atoms with Gasteiger partial charge in [-0.2, -0.15) is 0 Å². The van der Waals surface area contributed by atoms with Gasteiger partial charge in [0, 0.05) is 23.4 Å². The quantitative estimate of drug-likeness (QED) is 0.902. The predicted molar refractivity (Wildman–Crippen MR) is 82.8 cm³/mol. The molecule has 0 fully saturated rings. The molecule has 0 aliphatic heterocycles. The van der Waals surface area contributed by atoms with Gasteiger partial charge in [0.05, 0.1) is 7.11 Å². The summed E-state index contributed by atoms with van der Waals surface area (Å²) in [6, 6.07) is 6.73. The molecule has 7 heteroatoms. The molecule has 0 aliphatic rings. The fourth-order valence-electron chi connectivity index (χ4n) is 1.82. The highest BCUT2D eigenvalue weighted by atomic mass is 16.6. The summed E-state index contributed by atoms with van der Waals surface area (Å²) in [5.41, 5.74) is 6.76. The van der Waals surface area contributed by atoms with Crippen LogP contribution in [0.25, 0.3) is 11.3 Å². The van der Waals surface area contributed by atoms with Crippen molar-refractivity contribution < 1.29 is 18.8 Å². The Balaban J connectivity index is 2.21. The summed E-state index contributed by atoms with van der Waals surface area (Å²) in [5, 5.41) is 6.49. The second kappa shape index (κ2) is 5.97. The van der Waals surface area contributed by atoms with E-state index in [1.165, 1.54) is 7.11 Å². The molecule has 3 N–H and O–H groups in total. The van der Waals surface area contributed by atoms with Crippen molar-refractivity contribution in [3.05, 3.63) is 24.3 Å². The van der Waals surface area contributed by atoms with E-state index in [0.29, 0.717) is 22.7 Å². The van der Waals surface area contributed by atoms with Crippen molar-refractivity contribution in [1.82, 2.24) is 5.16 Å². The highest BCUT2D eigenvalue weighted by Gasteiger charge is 2.17. The van der Waals surface area contributed by atoms with Crippen molar-refractivity contribution in [2.75, 3.05) is 18.2 Å². The number of anilines is 2.